The summed E-state index contributed by atoms with van der Waals surface area (Å²) in [6.45, 7) is 0.568. The number of hydrogen-bond acceptors (Lipinski definition) is 3. The number of nitrogens with two attached hydrogens (primary N) is 1. The molecule has 102 valence electrons. The molecule has 0 radical (unpaired) electrons. The number of carboxylic acids is 1. The largest absolute Gasteiger partial charge is 0.480 e. The second-order valence-corrected chi connectivity index (χ2v) is 5.44. The SMILES string of the molecule is NC1CCCCC1C(=O)N1CCCCC1C(=O)O. The van der Waals surface area contributed by atoms with E-state index in [2.05, 4.69) is 0 Å². The Balaban J connectivity index is 2.07. The molecule has 2 aliphatic rings. The quantitative estimate of drug-likeness (QED) is 0.769. The molecule has 0 bridgehead atoms. The molecule has 18 heavy (non-hydrogen) atoms. The van der Waals surface area contributed by atoms with Gasteiger partial charge in [-0.05, 0) is 32.1 Å². The van der Waals surface area contributed by atoms with Crippen molar-refractivity contribution in [3.63, 3.8) is 0 Å². The van der Waals surface area contributed by atoms with E-state index in [1.165, 1.54) is 0 Å². The molecule has 1 heterocycles. The van der Waals surface area contributed by atoms with Crippen LogP contribution in [0.1, 0.15) is 44.9 Å². The summed E-state index contributed by atoms with van der Waals surface area (Å²) in [5.41, 5.74) is 6.01. The van der Waals surface area contributed by atoms with Crippen molar-refractivity contribution in [2.24, 2.45) is 11.7 Å². The average molecular weight is 254 g/mol. The fourth-order valence-corrected chi connectivity index (χ4v) is 3.13. The zero-order valence-corrected chi connectivity index (χ0v) is 10.7. The summed E-state index contributed by atoms with van der Waals surface area (Å²) in [6, 6.07) is -0.733. The summed E-state index contributed by atoms with van der Waals surface area (Å²) < 4.78 is 0. The van der Waals surface area contributed by atoms with Gasteiger partial charge in [0.1, 0.15) is 6.04 Å². The van der Waals surface area contributed by atoms with Crippen molar-refractivity contribution in [3.8, 4) is 0 Å². The normalized spacial score (nSPS) is 33.2. The number of piperidine rings is 1. The van der Waals surface area contributed by atoms with Crippen LogP contribution in [0.4, 0.5) is 0 Å². The molecule has 1 saturated heterocycles. The Labute approximate surface area is 107 Å². The molecule has 0 aromatic heterocycles. The van der Waals surface area contributed by atoms with Crippen LogP contribution >= 0.6 is 0 Å². The molecule has 1 saturated carbocycles. The summed E-state index contributed by atoms with van der Waals surface area (Å²) in [6.07, 6.45) is 6.14. The molecule has 0 aromatic carbocycles. The third-order valence-corrected chi connectivity index (χ3v) is 4.21. The first kappa shape index (κ1) is 13.3. The summed E-state index contributed by atoms with van der Waals surface area (Å²) in [5.74, 6) is -1.08. The van der Waals surface area contributed by atoms with E-state index in [1.807, 2.05) is 0 Å². The lowest BCUT2D eigenvalue weighted by atomic mass is 9.83. The van der Waals surface area contributed by atoms with Crippen molar-refractivity contribution < 1.29 is 14.7 Å². The van der Waals surface area contributed by atoms with Crippen LogP contribution in [0.2, 0.25) is 0 Å². The molecule has 5 heteroatoms. The molecule has 1 aliphatic carbocycles. The first-order chi connectivity index (χ1) is 8.61. The van der Waals surface area contributed by atoms with Crippen molar-refractivity contribution in [1.82, 2.24) is 4.90 Å². The number of hydrogen-bond donors (Lipinski definition) is 2. The van der Waals surface area contributed by atoms with Gasteiger partial charge < -0.3 is 15.7 Å². The number of amides is 1. The zero-order valence-electron chi connectivity index (χ0n) is 10.7. The van der Waals surface area contributed by atoms with Gasteiger partial charge in [0.15, 0.2) is 0 Å². The van der Waals surface area contributed by atoms with Crippen molar-refractivity contribution in [1.29, 1.82) is 0 Å². The molecular formula is C13H22N2O3. The number of nitrogens with zero attached hydrogens (tertiary/aromatic N) is 1. The van der Waals surface area contributed by atoms with Crippen LogP contribution < -0.4 is 5.73 Å². The maximum Gasteiger partial charge on any atom is 0.326 e. The highest BCUT2D eigenvalue weighted by Gasteiger charge is 2.38. The number of carbonyl (C=O) groups is 2. The number of likely N-dealkylation sites (tertiary alicyclic amines) is 1. The second kappa shape index (κ2) is 5.69. The summed E-state index contributed by atoms with van der Waals surface area (Å²) in [7, 11) is 0. The maximum absolute atomic E-state index is 12.5. The van der Waals surface area contributed by atoms with E-state index in [0.717, 1.165) is 38.5 Å². The number of carboxylic acid groups (broad SMARTS) is 1. The molecule has 3 N–H and O–H groups in total. The molecule has 3 atom stereocenters. The number of rotatable bonds is 2. The minimum absolute atomic E-state index is 0.0331. The van der Waals surface area contributed by atoms with Crippen LogP contribution in [0.25, 0.3) is 0 Å². The summed E-state index contributed by atoms with van der Waals surface area (Å²) in [5, 5.41) is 9.20. The Morgan fingerprint density at radius 2 is 1.72 bits per heavy atom. The minimum Gasteiger partial charge on any atom is -0.480 e. The van der Waals surface area contributed by atoms with E-state index in [4.69, 9.17) is 5.73 Å². The van der Waals surface area contributed by atoms with Crippen LogP contribution in [0.15, 0.2) is 0 Å². The molecular weight excluding hydrogens is 232 g/mol. The molecule has 2 fully saturated rings. The highest BCUT2D eigenvalue weighted by molar-refractivity contribution is 5.85. The third-order valence-electron chi connectivity index (χ3n) is 4.21. The van der Waals surface area contributed by atoms with Crippen LogP contribution in [-0.4, -0.2) is 40.5 Å². The van der Waals surface area contributed by atoms with E-state index in [0.29, 0.717) is 13.0 Å². The molecule has 0 spiro atoms. The van der Waals surface area contributed by atoms with Gasteiger partial charge in [-0.3, -0.25) is 4.79 Å². The summed E-state index contributed by atoms with van der Waals surface area (Å²) >= 11 is 0. The first-order valence-electron chi connectivity index (χ1n) is 6.90. The van der Waals surface area contributed by atoms with Gasteiger partial charge in [0.05, 0.1) is 5.92 Å². The molecule has 3 unspecified atom stereocenters. The van der Waals surface area contributed by atoms with Crippen molar-refractivity contribution in [3.05, 3.63) is 0 Å². The van der Waals surface area contributed by atoms with E-state index in [-0.39, 0.29) is 17.9 Å². The van der Waals surface area contributed by atoms with Gasteiger partial charge in [0, 0.05) is 12.6 Å². The Morgan fingerprint density at radius 3 is 2.39 bits per heavy atom. The average Bonchev–Trinajstić information content (AvgIpc) is 2.38. The van der Waals surface area contributed by atoms with Crippen molar-refractivity contribution in [2.75, 3.05) is 6.54 Å². The van der Waals surface area contributed by atoms with Gasteiger partial charge in [-0.1, -0.05) is 12.8 Å². The monoisotopic (exact) mass is 254 g/mol. The van der Waals surface area contributed by atoms with Gasteiger partial charge in [-0.2, -0.15) is 0 Å². The van der Waals surface area contributed by atoms with Crippen LogP contribution in [0.3, 0.4) is 0 Å². The van der Waals surface area contributed by atoms with E-state index >= 15 is 0 Å². The second-order valence-electron chi connectivity index (χ2n) is 5.44. The zero-order chi connectivity index (χ0) is 13.1. The van der Waals surface area contributed by atoms with Gasteiger partial charge in [0.2, 0.25) is 5.91 Å². The van der Waals surface area contributed by atoms with Gasteiger partial charge >= 0.3 is 5.97 Å². The highest BCUT2D eigenvalue weighted by atomic mass is 16.4. The minimum atomic E-state index is -0.882. The van der Waals surface area contributed by atoms with Crippen molar-refractivity contribution in [2.45, 2.75) is 57.0 Å². The summed E-state index contributed by atoms with van der Waals surface area (Å²) in [4.78, 5) is 25.2. The van der Waals surface area contributed by atoms with Gasteiger partial charge in [-0.15, -0.1) is 0 Å². The Kier molecular flexibility index (Phi) is 4.22. The predicted octanol–water partition coefficient (Wildman–Crippen LogP) is 0.970. The molecule has 2 rings (SSSR count). The maximum atomic E-state index is 12.5. The van der Waals surface area contributed by atoms with Crippen LogP contribution in [0, 0.1) is 5.92 Å². The van der Waals surface area contributed by atoms with E-state index < -0.39 is 12.0 Å². The van der Waals surface area contributed by atoms with Crippen LogP contribution in [-0.2, 0) is 9.59 Å². The van der Waals surface area contributed by atoms with E-state index in [9.17, 15) is 14.7 Å². The molecule has 1 amide bonds. The Bertz CT molecular complexity index is 332. The van der Waals surface area contributed by atoms with Gasteiger partial charge in [-0.25, -0.2) is 4.79 Å². The van der Waals surface area contributed by atoms with Crippen LogP contribution in [0.5, 0.6) is 0 Å². The Morgan fingerprint density at radius 1 is 1.06 bits per heavy atom. The Hall–Kier alpha value is -1.10. The molecule has 0 aromatic rings. The smallest absolute Gasteiger partial charge is 0.326 e. The highest BCUT2D eigenvalue weighted by Crippen LogP contribution is 2.27. The third kappa shape index (κ3) is 2.66. The van der Waals surface area contributed by atoms with E-state index in [1.54, 1.807) is 4.90 Å². The molecule has 5 nitrogen and oxygen atoms in total. The topological polar surface area (TPSA) is 83.6 Å². The standard InChI is InChI=1S/C13H22N2O3/c14-10-6-2-1-5-9(10)12(16)15-8-4-3-7-11(15)13(17)18/h9-11H,1-8,14H2,(H,17,18). The molecule has 1 aliphatic heterocycles. The van der Waals surface area contributed by atoms with Crippen molar-refractivity contribution >= 4 is 11.9 Å². The fraction of sp³-hybridized carbons (Fsp3) is 0.846. The fourth-order valence-electron chi connectivity index (χ4n) is 3.13. The lowest BCUT2D eigenvalue weighted by molar-refractivity contribution is -0.154. The number of aliphatic carboxylic acids is 1. The predicted molar refractivity (Wildman–Crippen MR) is 66.9 cm³/mol. The lowest BCUT2D eigenvalue weighted by Crippen LogP contribution is -2.53. The van der Waals surface area contributed by atoms with Gasteiger partial charge in [0.25, 0.3) is 0 Å². The lowest BCUT2D eigenvalue weighted by Gasteiger charge is -2.38. The number of carbonyl (C=O) groups excluding carboxylic acids is 1. The first-order valence-corrected chi connectivity index (χ1v) is 6.90.